The molecule has 0 spiro atoms. The van der Waals surface area contributed by atoms with Gasteiger partial charge in [0.15, 0.2) is 5.58 Å². The Kier molecular flexibility index (Phi) is 5.94. The lowest BCUT2D eigenvalue weighted by atomic mass is 10.2. The normalized spacial score (nSPS) is 10.7. The molecule has 0 aliphatic rings. The smallest absolute Gasteiger partial charge is 0.227 e. The monoisotopic (exact) mass is 402 g/mol. The molecule has 6 heteroatoms. The molecule has 0 aliphatic heterocycles. The van der Waals surface area contributed by atoms with Crippen LogP contribution in [0.2, 0.25) is 0 Å². The summed E-state index contributed by atoms with van der Waals surface area (Å²) in [4.78, 5) is 16.7. The molecule has 1 heterocycles. The molecular formula is C24H22N2O4. The minimum atomic E-state index is -0.0686. The maximum Gasteiger partial charge on any atom is 0.227 e. The Hall–Kier alpha value is -3.80. The molecule has 30 heavy (non-hydrogen) atoms. The predicted molar refractivity (Wildman–Crippen MR) is 116 cm³/mol. The fourth-order valence-electron chi connectivity index (χ4n) is 3.02. The summed E-state index contributed by atoms with van der Waals surface area (Å²) < 4.78 is 16.7. The van der Waals surface area contributed by atoms with E-state index >= 15 is 0 Å². The highest BCUT2D eigenvalue weighted by atomic mass is 16.5. The van der Waals surface area contributed by atoms with Crippen LogP contribution >= 0.6 is 0 Å². The molecular weight excluding hydrogens is 380 g/mol. The van der Waals surface area contributed by atoms with E-state index in [9.17, 15) is 4.79 Å². The Morgan fingerprint density at radius 3 is 2.57 bits per heavy atom. The zero-order valence-electron chi connectivity index (χ0n) is 16.6. The maximum atomic E-state index is 12.2. The van der Waals surface area contributed by atoms with E-state index in [1.807, 2.05) is 66.7 Å². The third kappa shape index (κ3) is 4.78. The molecule has 152 valence electrons. The Morgan fingerprint density at radius 1 is 1.00 bits per heavy atom. The Balaban J connectivity index is 1.34. The van der Waals surface area contributed by atoms with Gasteiger partial charge in [-0.2, -0.15) is 0 Å². The van der Waals surface area contributed by atoms with Crippen LogP contribution in [0.15, 0.2) is 77.2 Å². The highest BCUT2D eigenvalue weighted by Crippen LogP contribution is 2.27. The minimum Gasteiger partial charge on any atom is -0.497 e. The first-order valence-corrected chi connectivity index (χ1v) is 9.74. The molecule has 0 radical (unpaired) electrons. The number of nitrogens with one attached hydrogen (secondary N) is 1. The van der Waals surface area contributed by atoms with E-state index in [-0.39, 0.29) is 5.91 Å². The van der Waals surface area contributed by atoms with E-state index in [4.69, 9.17) is 13.9 Å². The standard InChI is InChI=1S/C24H22N2O4/c1-28-19-12-9-17(10-13-19)24-26-21-14-11-18(16-22(21)30-24)25-23(27)8-5-15-29-20-6-3-2-4-7-20/h2-4,6-7,9-14,16H,5,8,15H2,1H3,(H,25,27). The average molecular weight is 402 g/mol. The molecule has 1 amide bonds. The van der Waals surface area contributed by atoms with Gasteiger partial charge in [-0.15, -0.1) is 0 Å². The summed E-state index contributed by atoms with van der Waals surface area (Å²) in [6.07, 6.45) is 1.01. The summed E-state index contributed by atoms with van der Waals surface area (Å²) in [6.45, 7) is 0.490. The fraction of sp³-hybridized carbons (Fsp3) is 0.167. The Morgan fingerprint density at radius 2 is 1.80 bits per heavy atom. The number of fused-ring (bicyclic) bond motifs is 1. The van der Waals surface area contributed by atoms with Crippen LogP contribution in [0, 0.1) is 0 Å². The number of para-hydroxylation sites is 1. The van der Waals surface area contributed by atoms with Crippen molar-refractivity contribution in [2.75, 3.05) is 19.0 Å². The lowest BCUT2D eigenvalue weighted by molar-refractivity contribution is -0.116. The molecule has 0 aliphatic carbocycles. The van der Waals surface area contributed by atoms with E-state index in [1.54, 1.807) is 13.2 Å². The first kappa shape index (κ1) is 19.5. The number of hydrogen-bond acceptors (Lipinski definition) is 5. The van der Waals surface area contributed by atoms with Crippen LogP contribution in [0.3, 0.4) is 0 Å². The number of carbonyl (C=O) groups excluding carboxylic acids is 1. The molecule has 1 N–H and O–H groups in total. The van der Waals surface area contributed by atoms with Crippen molar-refractivity contribution in [1.29, 1.82) is 0 Å². The van der Waals surface area contributed by atoms with Crippen molar-refractivity contribution in [1.82, 2.24) is 4.98 Å². The summed E-state index contributed by atoms with van der Waals surface area (Å²) >= 11 is 0. The van der Waals surface area contributed by atoms with E-state index < -0.39 is 0 Å². The Bertz CT molecular complexity index is 1120. The third-order valence-electron chi connectivity index (χ3n) is 4.57. The van der Waals surface area contributed by atoms with E-state index in [1.165, 1.54) is 0 Å². The van der Waals surface area contributed by atoms with Crippen LogP contribution in [0.25, 0.3) is 22.6 Å². The number of hydrogen-bond donors (Lipinski definition) is 1. The second-order valence-electron chi connectivity index (χ2n) is 6.74. The average Bonchev–Trinajstić information content (AvgIpc) is 3.21. The second-order valence-corrected chi connectivity index (χ2v) is 6.74. The topological polar surface area (TPSA) is 73.6 Å². The molecule has 0 fully saturated rings. The molecule has 1 aromatic heterocycles. The van der Waals surface area contributed by atoms with Crippen molar-refractivity contribution in [2.45, 2.75) is 12.8 Å². The van der Waals surface area contributed by atoms with Gasteiger partial charge in [0.25, 0.3) is 0 Å². The summed E-state index contributed by atoms with van der Waals surface area (Å²) in [6, 6.07) is 22.5. The molecule has 0 atom stereocenters. The van der Waals surface area contributed by atoms with E-state index in [0.717, 1.165) is 22.6 Å². The number of benzene rings is 3. The van der Waals surface area contributed by atoms with Crippen LogP contribution in [0.1, 0.15) is 12.8 Å². The number of amides is 1. The lowest BCUT2D eigenvalue weighted by Crippen LogP contribution is -2.12. The molecule has 0 saturated heterocycles. The fourth-order valence-corrected chi connectivity index (χ4v) is 3.02. The van der Waals surface area contributed by atoms with E-state index in [0.29, 0.717) is 36.6 Å². The molecule has 4 rings (SSSR count). The third-order valence-corrected chi connectivity index (χ3v) is 4.57. The van der Waals surface area contributed by atoms with Gasteiger partial charge in [-0.25, -0.2) is 4.98 Å². The first-order chi connectivity index (χ1) is 14.7. The summed E-state index contributed by atoms with van der Waals surface area (Å²) in [5.41, 5.74) is 2.88. The Labute approximate surface area is 174 Å². The van der Waals surface area contributed by atoms with Crippen LogP contribution in [0.4, 0.5) is 5.69 Å². The largest absolute Gasteiger partial charge is 0.497 e. The van der Waals surface area contributed by atoms with Crippen LogP contribution < -0.4 is 14.8 Å². The predicted octanol–water partition coefficient (Wildman–Crippen LogP) is 5.30. The number of carbonyl (C=O) groups is 1. The summed E-state index contributed by atoms with van der Waals surface area (Å²) in [5.74, 6) is 2.03. The number of oxazole rings is 1. The number of rotatable bonds is 8. The van der Waals surface area contributed by atoms with Crippen molar-refractivity contribution in [2.24, 2.45) is 0 Å². The van der Waals surface area contributed by atoms with Gasteiger partial charge in [-0.3, -0.25) is 4.79 Å². The van der Waals surface area contributed by atoms with Crippen molar-refractivity contribution >= 4 is 22.7 Å². The van der Waals surface area contributed by atoms with Crippen molar-refractivity contribution in [3.05, 3.63) is 72.8 Å². The molecule has 0 unspecified atom stereocenters. The van der Waals surface area contributed by atoms with Gasteiger partial charge in [0.2, 0.25) is 11.8 Å². The van der Waals surface area contributed by atoms with Gasteiger partial charge in [-0.05, 0) is 55.0 Å². The molecule has 6 nitrogen and oxygen atoms in total. The molecule has 3 aromatic carbocycles. The molecule has 0 saturated carbocycles. The van der Waals surface area contributed by atoms with Gasteiger partial charge in [0.1, 0.15) is 17.0 Å². The SMILES string of the molecule is COc1ccc(-c2nc3ccc(NC(=O)CCCOc4ccccc4)cc3o2)cc1. The number of anilines is 1. The highest BCUT2D eigenvalue weighted by molar-refractivity contribution is 5.93. The van der Waals surface area contributed by atoms with Crippen LogP contribution in [0.5, 0.6) is 11.5 Å². The quantitative estimate of drug-likeness (QED) is 0.405. The number of nitrogens with zero attached hydrogens (tertiary/aromatic N) is 1. The van der Waals surface area contributed by atoms with Gasteiger partial charge in [0, 0.05) is 23.7 Å². The zero-order valence-corrected chi connectivity index (χ0v) is 16.6. The van der Waals surface area contributed by atoms with Crippen molar-refractivity contribution in [3.8, 4) is 23.0 Å². The summed E-state index contributed by atoms with van der Waals surface area (Å²) in [7, 11) is 1.63. The van der Waals surface area contributed by atoms with E-state index in [2.05, 4.69) is 10.3 Å². The minimum absolute atomic E-state index is 0.0686. The van der Waals surface area contributed by atoms with Gasteiger partial charge >= 0.3 is 0 Å². The first-order valence-electron chi connectivity index (χ1n) is 9.74. The second kappa shape index (κ2) is 9.13. The maximum absolute atomic E-state index is 12.2. The van der Waals surface area contributed by atoms with Crippen molar-refractivity contribution < 1.29 is 18.7 Å². The van der Waals surface area contributed by atoms with Gasteiger partial charge in [0.05, 0.1) is 13.7 Å². The van der Waals surface area contributed by atoms with Gasteiger partial charge in [-0.1, -0.05) is 18.2 Å². The number of methoxy groups -OCH3 is 1. The lowest BCUT2D eigenvalue weighted by Gasteiger charge is -2.07. The zero-order chi connectivity index (χ0) is 20.8. The number of ether oxygens (including phenoxy) is 2. The van der Waals surface area contributed by atoms with Gasteiger partial charge < -0.3 is 19.2 Å². The molecule has 4 aromatic rings. The van der Waals surface area contributed by atoms with Crippen LogP contribution in [-0.4, -0.2) is 24.6 Å². The van der Waals surface area contributed by atoms with Crippen LogP contribution in [-0.2, 0) is 4.79 Å². The summed E-state index contributed by atoms with van der Waals surface area (Å²) in [5, 5.41) is 2.90. The molecule has 0 bridgehead atoms. The highest BCUT2D eigenvalue weighted by Gasteiger charge is 2.10. The van der Waals surface area contributed by atoms with Crippen molar-refractivity contribution in [3.63, 3.8) is 0 Å². The number of aromatic nitrogens is 1.